The highest BCUT2D eigenvalue weighted by atomic mass is 35.5. The predicted octanol–water partition coefficient (Wildman–Crippen LogP) is 4.56. The van der Waals surface area contributed by atoms with Crippen molar-refractivity contribution in [2.75, 3.05) is 56.3 Å². The van der Waals surface area contributed by atoms with Crippen LogP contribution in [-0.2, 0) is 61.9 Å². The summed E-state index contributed by atoms with van der Waals surface area (Å²) in [7, 11) is -12.4. The van der Waals surface area contributed by atoms with Crippen LogP contribution in [0.5, 0.6) is 23.5 Å². The number of carboxylic acids is 2. The third-order valence-corrected chi connectivity index (χ3v) is 19.0. The highest BCUT2D eigenvalue weighted by molar-refractivity contribution is 8.00. The Kier molecular flexibility index (Phi) is 29.0. The number of methoxy groups -OCH3 is 3. The topological polar surface area (TPSA) is 490 Å². The Morgan fingerprint density at radius 2 is 1.32 bits per heavy atom. The molecule has 2 aromatic carbocycles. The summed E-state index contributed by atoms with van der Waals surface area (Å²) in [5, 5.41) is 20.5. The lowest BCUT2D eigenvalue weighted by Gasteiger charge is -2.15. The number of sulfone groups is 1. The van der Waals surface area contributed by atoms with Crippen LogP contribution in [0, 0.1) is 5.82 Å². The van der Waals surface area contributed by atoms with Gasteiger partial charge in [0, 0.05) is 37.0 Å². The van der Waals surface area contributed by atoms with Crippen LogP contribution in [0.25, 0.3) is 0 Å². The van der Waals surface area contributed by atoms with E-state index in [2.05, 4.69) is 49.4 Å². The summed E-state index contributed by atoms with van der Waals surface area (Å²) < 4.78 is 177. The summed E-state index contributed by atoms with van der Waals surface area (Å²) in [5.74, 6) is -7.04. The number of thioether (sulfide) groups is 1. The first-order chi connectivity index (χ1) is 43.9. The molecule has 0 spiro atoms. The molecule has 9 N–H and O–H groups in total. The average Bonchev–Trinajstić information content (AvgIpc) is 1.16. The van der Waals surface area contributed by atoms with Crippen molar-refractivity contribution >= 4 is 120 Å². The Balaban J connectivity index is 0.000000278. The number of sulfonamides is 2. The minimum Gasteiger partial charge on any atom is -0.481 e. The summed E-state index contributed by atoms with van der Waals surface area (Å²) in [6.45, 7) is -2.96. The van der Waals surface area contributed by atoms with E-state index in [-0.39, 0.29) is 57.4 Å². The molecule has 0 aliphatic carbocycles. The van der Waals surface area contributed by atoms with Crippen molar-refractivity contribution in [3.05, 3.63) is 97.7 Å². The van der Waals surface area contributed by atoms with Gasteiger partial charge in [0.25, 0.3) is 20.0 Å². The van der Waals surface area contributed by atoms with E-state index < -0.39 is 130 Å². The van der Waals surface area contributed by atoms with Crippen molar-refractivity contribution in [3.63, 3.8) is 0 Å². The van der Waals surface area contributed by atoms with Gasteiger partial charge < -0.3 is 44.5 Å². The van der Waals surface area contributed by atoms with E-state index in [9.17, 15) is 80.5 Å². The summed E-state index contributed by atoms with van der Waals surface area (Å²) in [4.78, 5) is 99.0. The number of carbonyl (C=O) groups excluding carboxylic acids is 3. The number of benzene rings is 2. The number of alkyl halides is 4. The maximum atomic E-state index is 14.3. The van der Waals surface area contributed by atoms with E-state index in [1.807, 2.05) is 0 Å². The maximum absolute atomic E-state index is 14.3. The molecule has 0 saturated heterocycles. The molecule has 0 fully saturated rings. The zero-order chi connectivity index (χ0) is 70.5. The quantitative estimate of drug-likeness (QED) is 0.0188. The van der Waals surface area contributed by atoms with Gasteiger partial charge >= 0.3 is 48.1 Å². The number of aromatic carboxylic acids is 1. The van der Waals surface area contributed by atoms with Gasteiger partial charge in [-0.2, -0.15) is 45.9 Å². The number of hydrogen-bond donors (Lipinski definition) is 8. The van der Waals surface area contributed by atoms with Gasteiger partial charge in [-0.05, 0) is 67.0 Å². The van der Waals surface area contributed by atoms with E-state index in [1.165, 1.54) is 70.0 Å². The number of carboxylic acid groups (broad SMARTS) is 2. The molecule has 46 heteroatoms. The number of urea groups is 2. The number of hydrogen-bond acceptors (Lipinski definition) is 27. The molecule has 0 bridgehead atoms. The fraction of sp³-hybridized carbons (Fsp3) is 0.333. The van der Waals surface area contributed by atoms with Gasteiger partial charge in [0.05, 0.1) is 55.6 Å². The molecular weight excluding hydrogens is 1420 g/mol. The molecule has 4 amide bonds. The van der Waals surface area contributed by atoms with Gasteiger partial charge in [-0.15, -0.1) is 11.8 Å². The number of pyridine rings is 1. The van der Waals surface area contributed by atoms with Crippen LogP contribution < -0.4 is 54.4 Å². The highest BCUT2D eigenvalue weighted by Crippen LogP contribution is 2.36. The Bertz CT molecular complexity index is 4220. The second-order valence-electron chi connectivity index (χ2n) is 17.9. The number of rotatable bonds is 23. The lowest BCUT2D eigenvalue weighted by molar-refractivity contribution is -0.139. The van der Waals surface area contributed by atoms with E-state index in [1.54, 1.807) is 19.4 Å². The molecule has 6 aromatic rings. The molecule has 2 atom stereocenters. The smallest absolute Gasteiger partial charge is 0.388 e. The first-order valence-corrected chi connectivity index (χ1v) is 34.8. The standard InChI is InChI=1S/C15H15ClFN3O3S2.C14H10F4N4O7S.C14H17N5O7S2.C5H12NO4P/c1-23-13(21)8-24-12-7-11(10(17)6-9(12)16)18-14-19-4-2-3-5-20(19)15(22)25-14;15-11(16)28-8-5-9(29-12(17)18)20-13(19-8)21-14(25)22-30(26,27)7-4-2-1-3-6(7)10(23)24;1-4-27(21,22)9-6-5-7-15-12(9)28(23,24)19-14(20)18-13-16-10(25-2)8-11(17-13)26-3;1-11(9,10)3-2-4(6)5(7)8/h6-7H,2-5,8H2,1H3;1-5,11-12H,(H,23,24)(H2,19,20,21,22,25);5-8H,4H2,1-3H3,(H2,16,17,18,19,20);4H,2-3,6H2,1H3,(H,7,8)(H,9,10). The summed E-state index contributed by atoms with van der Waals surface area (Å²) >= 11 is 8.17. The fourth-order valence-electron chi connectivity index (χ4n) is 6.81. The van der Waals surface area contributed by atoms with E-state index in [4.69, 9.17) is 41.9 Å². The average molecular weight is 1470 g/mol. The third kappa shape index (κ3) is 24.4. The molecule has 4 aromatic heterocycles. The zero-order valence-electron chi connectivity index (χ0n) is 48.8. The van der Waals surface area contributed by atoms with Crippen LogP contribution in [0.15, 0.2) is 96.4 Å². The van der Waals surface area contributed by atoms with Crippen LogP contribution in [0.3, 0.4) is 0 Å². The second-order valence-corrected chi connectivity index (χ2v) is 28.2. The molecule has 1 aliphatic rings. The Labute approximate surface area is 541 Å². The molecule has 2 unspecified atom stereocenters. The van der Waals surface area contributed by atoms with Gasteiger partial charge in [0.2, 0.25) is 40.2 Å². The molecular formula is C48H54ClF5N13O21PS5. The fourth-order valence-corrected chi connectivity index (χ4v) is 13.2. The van der Waals surface area contributed by atoms with Crippen molar-refractivity contribution in [2.24, 2.45) is 10.7 Å². The number of ether oxygens (including phenoxy) is 5. The third-order valence-electron chi connectivity index (χ3n) is 11.1. The number of nitrogens with zero attached hydrogens (tertiary/aromatic N) is 8. The second kappa shape index (κ2) is 35.0. The number of aromatic nitrogens is 7. The minimum absolute atomic E-state index is 0.0412. The number of fused-ring (bicyclic) bond motifs is 1. The van der Waals surface area contributed by atoms with Gasteiger partial charge in [0.15, 0.2) is 22.2 Å². The lowest BCUT2D eigenvalue weighted by Crippen LogP contribution is -2.36. The number of halogens is 6. The van der Waals surface area contributed by atoms with Crippen LogP contribution in [0.2, 0.25) is 5.02 Å². The molecule has 34 nitrogen and oxygen atoms in total. The Morgan fingerprint density at radius 1 is 0.798 bits per heavy atom. The molecule has 1 aliphatic heterocycles. The van der Waals surface area contributed by atoms with Crippen molar-refractivity contribution in [3.8, 4) is 23.5 Å². The number of anilines is 2. The van der Waals surface area contributed by atoms with Crippen LogP contribution in [-0.4, -0.2) is 170 Å². The molecule has 7 rings (SSSR count). The van der Waals surface area contributed by atoms with Gasteiger partial charge in [-0.3, -0.25) is 34.3 Å². The van der Waals surface area contributed by atoms with E-state index in [0.717, 1.165) is 66.4 Å². The Hall–Kier alpha value is -8.65. The van der Waals surface area contributed by atoms with Crippen molar-refractivity contribution in [2.45, 2.75) is 78.3 Å². The zero-order valence-corrected chi connectivity index (χ0v) is 54.6. The summed E-state index contributed by atoms with van der Waals surface area (Å²) in [6, 6.07) is 7.31. The molecule has 0 saturated carbocycles. The number of carbonyl (C=O) groups is 5. The Morgan fingerprint density at radius 3 is 1.83 bits per heavy atom. The summed E-state index contributed by atoms with van der Waals surface area (Å²) in [5.41, 5.74) is 4.53. The minimum atomic E-state index is -4.71. The van der Waals surface area contributed by atoms with Gasteiger partial charge in [-0.25, -0.2) is 59.7 Å². The molecule has 514 valence electrons. The lowest BCUT2D eigenvalue weighted by atomic mass is 10.2. The summed E-state index contributed by atoms with van der Waals surface area (Å²) in [6.07, 6.45) is 2.99. The number of amides is 4. The SMILES string of the molecule is CCS(=O)(=O)c1cccnc1S(=O)(=O)NC(=O)Nc1nc(OC)cc(OC)n1.COC(=O)CSc1cc(N=c2sc(=O)n3n2CCCC3)c(F)cc1Cl.CP(=O)(O)CCC(N)C(=O)O.O=C(Nc1nc(OC(F)F)cc(OC(F)F)n1)NS(=O)(=O)c1ccccc1C(=O)O. The monoisotopic (exact) mass is 1470 g/mol. The molecule has 94 heavy (non-hydrogen) atoms. The molecule has 0 radical (unpaired) electrons. The molecule has 5 heterocycles. The maximum Gasteiger partial charge on any atom is 0.388 e. The number of nitrogens with two attached hydrogens (primary N) is 1. The normalized spacial score (nSPS) is 13.1. The number of esters is 1. The van der Waals surface area contributed by atoms with E-state index in [0.29, 0.717) is 28.9 Å². The van der Waals surface area contributed by atoms with Crippen LogP contribution in [0.4, 0.5) is 49.1 Å². The number of aliphatic carboxylic acids is 1. The number of nitrogens with one attached hydrogen (secondary N) is 4. The van der Waals surface area contributed by atoms with Crippen LogP contribution >= 0.6 is 42.1 Å². The van der Waals surface area contributed by atoms with Crippen molar-refractivity contribution in [1.29, 1.82) is 0 Å². The predicted molar refractivity (Wildman–Crippen MR) is 320 cm³/mol. The van der Waals surface area contributed by atoms with Gasteiger partial charge in [-0.1, -0.05) is 30.7 Å². The van der Waals surface area contributed by atoms with E-state index >= 15 is 0 Å². The highest BCUT2D eigenvalue weighted by Gasteiger charge is 2.30. The van der Waals surface area contributed by atoms with Crippen molar-refractivity contribution < 1.29 is 115 Å². The van der Waals surface area contributed by atoms with Crippen LogP contribution in [0.1, 0.15) is 36.5 Å². The first kappa shape index (κ1) is 77.8. The van der Waals surface area contributed by atoms with Gasteiger partial charge in [0.1, 0.15) is 27.3 Å². The largest absolute Gasteiger partial charge is 0.481 e. The van der Waals surface area contributed by atoms with Crippen molar-refractivity contribution in [1.82, 2.24) is 43.7 Å². The first-order valence-electron chi connectivity index (χ1n) is 25.7.